The monoisotopic (exact) mass is 273 g/mol. The Labute approximate surface area is 94.5 Å². The van der Waals surface area contributed by atoms with Gasteiger partial charge in [-0.05, 0) is 17.5 Å². The van der Waals surface area contributed by atoms with E-state index in [9.17, 15) is 0 Å². The molecule has 68 valence electrons. The van der Waals surface area contributed by atoms with Crippen molar-refractivity contribution in [3.05, 3.63) is 23.1 Å². The van der Waals surface area contributed by atoms with Crippen LogP contribution in [0.2, 0.25) is 0 Å². The Balaban J connectivity index is 2.76. The number of hydrogen-bond acceptors (Lipinski definition) is 3. The summed E-state index contributed by atoms with van der Waals surface area (Å²) in [4.78, 5) is 2.15. The van der Waals surface area contributed by atoms with Gasteiger partial charge in [0.1, 0.15) is 0 Å². The molecule has 0 unspecified atom stereocenters. The molecule has 4 heteroatoms. The fraction of sp³-hybridized carbons (Fsp3) is 0.111. The Bertz CT molecular complexity index is 450. The van der Waals surface area contributed by atoms with Crippen LogP contribution in [0.4, 0.5) is 5.69 Å². The number of halogens is 1. The highest BCUT2D eigenvalue weighted by molar-refractivity contribution is 9.08. The molecule has 13 heavy (non-hydrogen) atoms. The number of nitrogen functional groups attached to an aromatic ring is 1. The molecule has 2 N–H and O–H groups in total. The molecule has 0 aliphatic rings. The Kier molecular flexibility index (Phi) is 2.53. The summed E-state index contributed by atoms with van der Waals surface area (Å²) in [5.41, 5.74) is 6.69. The van der Waals surface area contributed by atoms with Crippen LogP contribution in [0.3, 0.4) is 0 Å². The van der Waals surface area contributed by atoms with E-state index in [0.717, 1.165) is 20.6 Å². The maximum absolute atomic E-state index is 5.91. The second kappa shape index (κ2) is 3.52. The summed E-state index contributed by atoms with van der Waals surface area (Å²) in [5, 5.41) is 2.09. The fourth-order valence-electron chi connectivity index (χ4n) is 1.23. The number of benzene rings is 1. The molecule has 1 aromatic heterocycles. The average molecular weight is 274 g/mol. The van der Waals surface area contributed by atoms with Gasteiger partial charge in [0, 0.05) is 15.1 Å². The first kappa shape index (κ1) is 9.37. The van der Waals surface area contributed by atoms with Gasteiger partial charge in [0.15, 0.2) is 0 Å². The van der Waals surface area contributed by atoms with Crippen LogP contribution in [0.5, 0.6) is 0 Å². The maximum atomic E-state index is 5.91. The lowest BCUT2D eigenvalue weighted by Gasteiger charge is -1.98. The molecule has 1 nitrogen and oxygen atoms in total. The summed E-state index contributed by atoms with van der Waals surface area (Å²) in [6.07, 6.45) is 0. The third kappa shape index (κ3) is 1.58. The predicted molar refractivity (Wildman–Crippen MR) is 66.1 cm³/mol. The van der Waals surface area contributed by atoms with Crippen molar-refractivity contribution in [1.29, 1.82) is 0 Å². The normalized spacial score (nSPS) is 10.9. The third-order valence-corrected chi connectivity index (χ3v) is 4.43. The number of thiophene rings is 1. The number of thiol groups is 1. The van der Waals surface area contributed by atoms with Gasteiger partial charge < -0.3 is 5.73 Å². The van der Waals surface area contributed by atoms with Gasteiger partial charge >= 0.3 is 0 Å². The molecule has 0 saturated carbocycles. The topological polar surface area (TPSA) is 26.0 Å². The molecular formula is C9H8BrNS2. The summed E-state index contributed by atoms with van der Waals surface area (Å²) in [5.74, 6) is 0. The number of rotatable bonds is 1. The molecule has 2 rings (SSSR count). The zero-order valence-corrected chi connectivity index (χ0v) is 10.0. The molecule has 0 fully saturated rings. The summed E-state index contributed by atoms with van der Waals surface area (Å²) in [6, 6.07) is 6.14. The quantitative estimate of drug-likeness (QED) is 0.463. The van der Waals surface area contributed by atoms with E-state index in [1.807, 2.05) is 6.07 Å². The summed E-state index contributed by atoms with van der Waals surface area (Å²) in [7, 11) is 0. The van der Waals surface area contributed by atoms with Gasteiger partial charge in [-0.3, -0.25) is 0 Å². The van der Waals surface area contributed by atoms with Crippen molar-refractivity contribution in [2.75, 3.05) is 5.73 Å². The minimum Gasteiger partial charge on any atom is -0.397 e. The lowest BCUT2D eigenvalue weighted by atomic mass is 10.2. The van der Waals surface area contributed by atoms with Crippen molar-refractivity contribution in [3.8, 4) is 0 Å². The van der Waals surface area contributed by atoms with Gasteiger partial charge in [-0.15, -0.1) is 24.0 Å². The molecular weight excluding hydrogens is 266 g/mol. The van der Waals surface area contributed by atoms with Gasteiger partial charge in [-0.2, -0.15) is 0 Å². The highest BCUT2D eigenvalue weighted by atomic mass is 79.9. The van der Waals surface area contributed by atoms with Crippen LogP contribution in [0.15, 0.2) is 23.1 Å². The second-order valence-corrected chi connectivity index (χ2v) is 4.94. The van der Waals surface area contributed by atoms with Crippen molar-refractivity contribution in [3.63, 3.8) is 0 Å². The molecule has 0 saturated heterocycles. The van der Waals surface area contributed by atoms with Gasteiger partial charge in [-0.25, -0.2) is 0 Å². The average Bonchev–Trinajstić information content (AvgIpc) is 2.55. The smallest absolute Gasteiger partial charge is 0.0630 e. The highest BCUT2D eigenvalue weighted by Gasteiger charge is 2.05. The molecule has 2 aromatic rings. The van der Waals surface area contributed by atoms with Crippen LogP contribution in [0.25, 0.3) is 10.1 Å². The Morgan fingerprint density at radius 3 is 2.92 bits per heavy atom. The fourth-order valence-corrected chi connectivity index (χ4v) is 2.97. The van der Waals surface area contributed by atoms with E-state index in [-0.39, 0.29) is 0 Å². The van der Waals surface area contributed by atoms with Crippen molar-refractivity contribution >= 4 is 55.7 Å². The Hall–Kier alpha value is -0.190. The van der Waals surface area contributed by atoms with Crippen molar-refractivity contribution in [1.82, 2.24) is 0 Å². The first-order valence-corrected chi connectivity index (χ1v) is 6.16. The first-order chi connectivity index (χ1) is 6.22. The number of fused-ring (bicyclic) bond motifs is 1. The van der Waals surface area contributed by atoms with E-state index >= 15 is 0 Å². The molecule has 0 aliphatic carbocycles. The van der Waals surface area contributed by atoms with E-state index in [4.69, 9.17) is 5.73 Å². The van der Waals surface area contributed by atoms with Crippen molar-refractivity contribution in [2.45, 2.75) is 10.2 Å². The molecule has 1 aromatic carbocycles. The molecule has 0 bridgehead atoms. The van der Waals surface area contributed by atoms with E-state index in [1.54, 1.807) is 11.3 Å². The van der Waals surface area contributed by atoms with Crippen LogP contribution < -0.4 is 5.73 Å². The maximum Gasteiger partial charge on any atom is 0.0630 e. The molecule has 0 radical (unpaired) electrons. The van der Waals surface area contributed by atoms with Crippen LogP contribution in [0.1, 0.15) is 4.88 Å². The zero-order chi connectivity index (χ0) is 9.42. The van der Waals surface area contributed by atoms with Gasteiger partial charge in [-0.1, -0.05) is 22.0 Å². The van der Waals surface area contributed by atoms with Crippen LogP contribution >= 0.6 is 39.9 Å². The minimum absolute atomic E-state index is 0.790. The standard InChI is InChI=1S/C9H8BrNS2/c10-4-6-3-5-1-2-7(12)8(11)9(5)13-6/h1-3,12H,4,11H2. The third-order valence-electron chi connectivity index (χ3n) is 1.88. The largest absolute Gasteiger partial charge is 0.397 e. The first-order valence-electron chi connectivity index (χ1n) is 3.78. The minimum atomic E-state index is 0.790. The summed E-state index contributed by atoms with van der Waals surface area (Å²) >= 11 is 9.43. The van der Waals surface area contributed by atoms with E-state index in [2.05, 4.69) is 40.7 Å². The van der Waals surface area contributed by atoms with E-state index in [0.29, 0.717) is 0 Å². The van der Waals surface area contributed by atoms with E-state index < -0.39 is 0 Å². The molecule has 0 amide bonds. The molecule has 0 atom stereocenters. The van der Waals surface area contributed by atoms with Crippen LogP contribution in [0, 0.1) is 0 Å². The number of nitrogens with two attached hydrogens (primary N) is 1. The van der Waals surface area contributed by atoms with Gasteiger partial charge in [0.2, 0.25) is 0 Å². The molecule has 1 heterocycles. The second-order valence-electron chi connectivity index (χ2n) is 2.76. The number of hydrogen-bond donors (Lipinski definition) is 2. The molecule has 0 aliphatic heterocycles. The van der Waals surface area contributed by atoms with E-state index in [1.165, 1.54) is 10.3 Å². The van der Waals surface area contributed by atoms with Gasteiger partial charge in [0.05, 0.1) is 10.4 Å². The SMILES string of the molecule is Nc1c(S)ccc2cc(CBr)sc12. The Morgan fingerprint density at radius 2 is 2.23 bits per heavy atom. The predicted octanol–water partition coefficient (Wildman–Crippen LogP) is 3.67. The zero-order valence-electron chi connectivity index (χ0n) is 6.75. The van der Waals surface area contributed by atoms with Crippen molar-refractivity contribution < 1.29 is 0 Å². The number of anilines is 1. The lowest BCUT2D eigenvalue weighted by molar-refractivity contribution is 1.53. The van der Waals surface area contributed by atoms with Gasteiger partial charge in [0.25, 0.3) is 0 Å². The van der Waals surface area contributed by atoms with Crippen molar-refractivity contribution in [2.24, 2.45) is 0 Å². The van der Waals surface area contributed by atoms with Crippen LogP contribution in [-0.2, 0) is 5.33 Å². The molecule has 0 spiro atoms. The van der Waals surface area contributed by atoms with Crippen LogP contribution in [-0.4, -0.2) is 0 Å². The summed E-state index contributed by atoms with van der Waals surface area (Å²) < 4.78 is 1.14. The summed E-state index contributed by atoms with van der Waals surface area (Å²) in [6.45, 7) is 0. The highest BCUT2D eigenvalue weighted by Crippen LogP contribution is 2.34. The lowest BCUT2D eigenvalue weighted by Crippen LogP contribution is -1.85. The number of alkyl halides is 1. The Morgan fingerprint density at radius 1 is 1.46 bits per heavy atom.